The summed E-state index contributed by atoms with van der Waals surface area (Å²) in [6, 6.07) is 0. The van der Waals surface area contributed by atoms with E-state index >= 15 is 0 Å². The number of carbonyl (C=O) groups excluding carboxylic acids is 2. The highest BCUT2D eigenvalue weighted by Crippen LogP contribution is 1.91. The molecular formula is C7H10N2O2. The van der Waals surface area contributed by atoms with Crippen molar-refractivity contribution in [2.45, 2.75) is 13.8 Å². The van der Waals surface area contributed by atoms with Crippen molar-refractivity contribution in [1.82, 2.24) is 5.32 Å². The van der Waals surface area contributed by atoms with Crippen LogP contribution in [-0.4, -0.2) is 18.5 Å². The second kappa shape index (κ2) is 4.38. The molecule has 0 aromatic heterocycles. The lowest BCUT2D eigenvalue weighted by molar-refractivity contribution is -0.127. The van der Waals surface area contributed by atoms with Crippen molar-refractivity contribution in [3.05, 3.63) is 11.8 Å². The summed E-state index contributed by atoms with van der Waals surface area (Å²) in [5.74, 6) is -0.822. The molecule has 60 valence electrons. The zero-order chi connectivity index (χ0) is 8.85. The Hall–Kier alpha value is -1.45. The van der Waals surface area contributed by atoms with Gasteiger partial charge in [-0.1, -0.05) is 0 Å². The van der Waals surface area contributed by atoms with Gasteiger partial charge in [-0.25, -0.2) is 0 Å². The molecule has 0 radical (unpaired) electrons. The number of nitrogens with one attached hydrogen (secondary N) is 1. The lowest BCUT2D eigenvalue weighted by Gasteiger charge is -1.97. The van der Waals surface area contributed by atoms with E-state index in [2.05, 4.69) is 17.0 Å². The van der Waals surface area contributed by atoms with Gasteiger partial charge in [0, 0.05) is 18.7 Å². The van der Waals surface area contributed by atoms with E-state index in [1.54, 1.807) is 6.92 Å². The number of aliphatic imine (C=N–C) groups is 1. The highest BCUT2D eigenvalue weighted by molar-refractivity contribution is 6.03. The molecule has 2 amide bonds. The Morgan fingerprint density at radius 2 is 2.00 bits per heavy atom. The molecule has 0 saturated heterocycles. The molecule has 11 heavy (non-hydrogen) atoms. The summed E-state index contributed by atoms with van der Waals surface area (Å²) in [6.45, 7) is 5.99. The Bertz CT molecular complexity index is 218. The zero-order valence-electron chi connectivity index (χ0n) is 6.55. The lowest BCUT2D eigenvalue weighted by atomic mass is 10.3. The van der Waals surface area contributed by atoms with Crippen molar-refractivity contribution in [1.29, 1.82) is 0 Å². The predicted octanol–water partition coefficient (Wildman–Crippen LogP) is 0.254. The maximum atomic E-state index is 10.9. The third-order valence-corrected chi connectivity index (χ3v) is 0.933. The molecule has 0 aliphatic rings. The molecule has 0 aliphatic heterocycles. The smallest absolute Gasteiger partial charge is 0.255 e. The molecule has 0 rings (SSSR count). The molecule has 0 bridgehead atoms. The van der Waals surface area contributed by atoms with Gasteiger partial charge in [0.05, 0.1) is 0 Å². The Morgan fingerprint density at radius 1 is 1.45 bits per heavy atom. The Balaban J connectivity index is 4.14. The molecule has 4 heteroatoms. The fourth-order valence-electron chi connectivity index (χ4n) is 0.454. The molecule has 0 saturated carbocycles. The van der Waals surface area contributed by atoms with Crippen LogP contribution < -0.4 is 5.32 Å². The van der Waals surface area contributed by atoms with E-state index in [0.717, 1.165) is 0 Å². The zero-order valence-corrected chi connectivity index (χ0v) is 6.55. The lowest BCUT2D eigenvalue weighted by Crippen LogP contribution is -2.28. The first-order chi connectivity index (χ1) is 5.07. The van der Waals surface area contributed by atoms with Crippen LogP contribution in [0.25, 0.3) is 0 Å². The molecule has 0 aromatic rings. The summed E-state index contributed by atoms with van der Waals surface area (Å²) in [5, 5.41) is 2.09. The molecule has 0 aliphatic carbocycles. The van der Waals surface area contributed by atoms with Gasteiger partial charge >= 0.3 is 0 Å². The summed E-state index contributed by atoms with van der Waals surface area (Å²) in [6.07, 6.45) is 1.29. The van der Waals surface area contributed by atoms with Gasteiger partial charge in [0.25, 0.3) is 5.91 Å². The molecule has 1 N–H and O–H groups in total. The van der Waals surface area contributed by atoms with Crippen LogP contribution in [0.1, 0.15) is 13.8 Å². The predicted molar refractivity (Wildman–Crippen MR) is 42.1 cm³/mol. The van der Waals surface area contributed by atoms with Crippen molar-refractivity contribution >= 4 is 18.5 Å². The van der Waals surface area contributed by atoms with Gasteiger partial charge in [0.2, 0.25) is 5.91 Å². The Morgan fingerprint density at radius 3 is 2.36 bits per heavy atom. The minimum absolute atomic E-state index is 0.357. The maximum Gasteiger partial charge on any atom is 0.255 e. The van der Waals surface area contributed by atoms with Gasteiger partial charge in [-0.3, -0.25) is 19.9 Å². The number of carbonyl (C=O) groups is 2. The van der Waals surface area contributed by atoms with E-state index in [0.29, 0.717) is 5.57 Å². The summed E-state index contributed by atoms with van der Waals surface area (Å²) < 4.78 is 0. The van der Waals surface area contributed by atoms with E-state index < -0.39 is 5.91 Å². The third-order valence-electron chi connectivity index (χ3n) is 0.933. The normalized spacial score (nSPS) is 10.5. The molecular weight excluding hydrogens is 144 g/mol. The maximum absolute atomic E-state index is 10.9. The SMILES string of the molecule is C=N/C=C(/C)C(=O)NC(C)=O. The monoisotopic (exact) mass is 154 g/mol. The fraction of sp³-hybridized carbons (Fsp3) is 0.286. The Kier molecular flexibility index (Phi) is 3.80. The van der Waals surface area contributed by atoms with Gasteiger partial charge in [-0.05, 0) is 13.6 Å². The molecule has 0 aromatic carbocycles. The van der Waals surface area contributed by atoms with Gasteiger partial charge in [0.1, 0.15) is 0 Å². The fourth-order valence-corrected chi connectivity index (χ4v) is 0.454. The van der Waals surface area contributed by atoms with Crippen LogP contribution in [0.5, 0.6) is 0 Å². The molecule has 0 fully saturated rings. The van der Waals surface area contributed by atoms with Crippen LogP contribution in [-0.2, 0) is 9.59 Å². The third kappa shape index (κ3) is 4.02. The van der Waals surface area contributed by atoms with Crippen LogP contribution in [0.15, 0.2) is 16.8 Å². The molecule has 0 heterocycles. The average Bonchev–Trinajstić information content (AvgIpc) is 1.86. The standard InChI is InChI=1S/C7H10N2O2/c1-5(4-8-3)7(11)9-6(2)10/h4H,3H2,1-2H3,(H,9,10,11)/b5-4-. The first-order valence-corrected chi connectivity index (χ1v) is 3.02. The second-order valence-corrected chi connectivity index (χ2v) is 2.00. The van der Waals surface area contributed by atoms with Crippen molar-refractivity contribution in [3.63, 3.8) is 0 Å². The van der Waals surface area contributed by atoms with Gasteiger partial charge in [0.15, 0.2) is 0 Å². The van der Waals surface area contributed by atoms with E-state index in [4.69, 9.17) is 0 Å². The molecule has 4 nitrogen and oxygen atoms in total. The largest absolute Gasteiger partial charge is 0.293 e. The second-order valence-electron chi connectivity index (χ2n) is 2.00. The summed E-state index contributed by atoms with van der Waals surface area (Å²) >= 11 is 0. The molecule has 0 spiro atoms. The van der Waals surface area contributed by atoms with Crippen LogP contribution in [0, 0.1) is 0 Å². The average molecular weight is 154 g/mol. The van der Waals surface area contributed by atoms with Gasteiger partial charge in [-0.15, -0.1) is 0 Å². The molecule has 0 atom stereocenters. The first kappa shape index (κ1) is 9.55. The first-order valence-electron chi connectivity index (χ1n) is 3.02. The number of hydrogen-bond acceptors (Lipinski definition) is 3. The summed E-state index contributed by atoms with van der Waals surface area (Å²) in [5.41, 5.74) is 0.357. The number of nitrogens with zero attached hydrogens (tertiary/aromatic N) is 1. The number of amides is 2. The van der Waals surface area contributed by atoms with E-state index in [9.17, 15) is 9.59 Å². The molecule has 0 unspecified atom stereocenters. The highest BCUT2D eigenvalue weighted by Gasteiger charge is 2.03. The van der Waals surface area contributed by atoms with Crippen molar-refractivity contribution in [2.75, 3.05) is 0 Å². The Labute approximate surface area is 65.0 Å². The van der Waals surface area contributed by atoms with E-state index in [-0.39, 0.29) is 5.91 Å². The summed E-state index contributed by atoms with van der Waals surface area (Å²) in [7, 11) is 0. The van der Waals surface area contributed by atoms with E-state index in [1.165, 1.54) is 13.1 Å². The van der Waals surface area contributed by atoms with Gasteiger partial charge < -0.3 is 0 Å². The summed E-state index contributed by atoms with van der Waals surface area (Å²) in [4.78, 5) is 24.6. The topological polar surface area (TPSA) is 58.5 Å². The quantitative estimate of drug-likeness (QED) is 0.458. The van der Waals surface area contributed by atoms with Crippen molar-refractivity contribution in [3.8, 4) is 0 Å². The number of imide groups is 1. The van der Waals surface area contributed by atoms with Crippen molar-refractivity contribution in [2.24, 2.45) is 4.99 Å². The minimum atomic E-state index is -0.440. The van der Waals surface area contributed by atoms with Crippen molar-refractivity contribution < 1.29 is 9.59 Å². The van der Waals surface area contributed by atoms with Crippen LogP contribution in [0.2, 0.25) is 0 Å². The van der Waals surface area contributed by atoms with Crippen LogP contribution >= 0.6 is 0 Å². The van der Waals surface area contributed by atoms with E-state index in [1.807, 2.05) is 0 Å². The van der Waals surface area contributed by atoms with Crippen LogP contribution in [0.3, 0.4) is 0 Å². The number of rotatable bonds is 2. The minimum Gasteiger partial charge on any atom is -0.293 e. The van der Waals surface area contributed by atoms with Gasteiger partial charge in [-0.2, -0.15) is 0 Å². The number of hydrogen-bond donors (Lipinski definition) is 1. The van der Waals surface area contributed by atoms with Crippen LogP contribution in [0.4, 0.5) is 0 Å². The highest BCUT2D eigenvalue weighted by atomic mass is 16.2.